The lowest BCUT2D eigenvalue weighted by Gasteiger charge is -2.16. The monoisotopic (exact) mass is 579 g/mol. The first-order valence-electron chi connectivity index (χ1n) is 13.1. The summed E-state index contributed by atoms with van der Waals surface area (Å²) < 4.78 is 57.9. The number of nitrogens with zero attached hydrogens (tertiary/aromatic N) is 3. The van der Waals surface area contributed by atoms with Crippen molar-refractivity contribution in [3.05, 3.63) is 100 Å². The molecule has 4 rings (SSSR count). The number of carbonyl (C=O) groups excluding carboxylic acids is 1. The fourth-order valence-corrected chi connectivity index (χ4v) is 4.20. The van der Waals surface area contributed by atoms with Crippen molar-refractivity contribution >= 4 is 23.1 Å². The number of fused-ring (bicyclic) bond motifs is 1. The molecule has 0 aliphatic rings. The van der Waals surface area contributed by atoms with Gasteiger partial charge < -0.3 is 14.2 Å². The van der Waals surface area contributed by atoms with E-state index in [2.05, 4.69) is 16.7 Å². The van der Waals surface area contributed by atoms with E-state index in [1.807, 2.05) is 0 Å². The van der Waals surface area contributed by atoms with Crippen LogP contribution in [0.25, 0.3) is 22.3 Å². The molecular formula is C31H28F3N3O5. The Morgan fingerprint density at radius 2 is 1.83 bits per heavy atom. The Balaban J connectivity index is 1.84. The summed E-state index contributed by atoms with van der Waals surface area (Å²) in [6.45, 7) is 7.42. The van der Waals surface area contributed by atoms with Gasteiger partial charge >= 0.3 is 12.1 Å². The maximum Gasteiger partial charge on any atom is 0.416 e. The van der Waals surface area contributed by atoms with E-state index >= 15 is 0 Å². The van der Waals surface area contributed by atoms with Gasteiger partial charge in [0.15, 0.2) is 23.9 Å². The number of allylic oxidation sites excluding steroid dienone is 1. The lowest BCUT2D eigenvalue weighted by atomic mass is 10.1. The lowest BCUT2D eigenvalue weighted by Crippen LogP contribution is -2.20. The van der Waals surface area contributed by atoms with E-state index in [0.29, 0.717) is 34.6 Å². The lowest BCUT2D eigenvalue weighted by molar-refractivity contribution is -0.145. The van der Waals surface area contributed by atoms with Crippen molar-refractivity contribution in [3.8, 4) is 22.9 Å². The van der Waals surface area contributed by atoms with Gasteiger partial charge in [-0.15, -0.1) is 6.58 Å². The van der Waals surface area contributed by atoms with Crippen LogP contribution in [0.1, 0.15) is 30.5 Å². The van der Waals surface area contributed by atoms with Crippen molar-refractivity contribution in [2.45, 2.75) is 26.4 Å². The molecule has 0 bridgehead atoms. The SMILES string of the molecule is C=CCc1cc(C=Nn2c(-c3cccc(C(F)(F)F)c3)nc3ccccc3c2=O)cc(OCC)c1OCC(=O)OCC. The number of aromatic nitrogens is 2. The second-order valence-electron chi connectivity index (χ2n) is 8.92. The van der Waals surface area contributed by atoms with Crippen molar-refractivity contribution in [3.63, 3.8) is 0 Å². The fraction of sp³-hybridized carbons (Fsp3) is 0.226. The molecule has 0 saturated heterocycles. The molecule has 0 radical (unpaired) electrons. The van der Waals surface area contributed by atoms with E-state index in [1.54, 1.807) is 56.3 Å². The molecule has 4 aromatic rings. The summed E-state index contributed by atoms with van der Waals surface area (Å²) in [5.41, 5.74) is 0.0608. The van der Waals surface area contributed by atoms with Gasteiger partial charge in [-0.1, -0.05) is 30.3 Å². The summed E-state index contributed by atoms with van der Waals surface area (Å²) in [7, 11) is 0. The molecule has 1 heterocycles. The number of halogens is 3. The van der Waals surface area contributed by atoms with Crippen molar-refractivity contribution in [1.82, 2.24) is 9.66 Å². The Morgan fingerprint density at radius 3 is 2.55 bits per heavy atom. The van der Waals surface area contributed by atoms with E-state index in [9.17, 15) is 22.8 Å². The number of rotatable bonds is 11. The first-order chi connectivity index (χ1) is 20.2. The molecule has 3 aromatic carbocycles. The zero-order chi connectivity index (χ0) is 30.3. The van der Waals surface area contributed by atoms with Crippen LogP contribution in [0.2, 0.25) is 0 Å². The van der Waals surface area contributed by atoms with E-state index in [0.717, 1.165) is 16.8 Å². The van der Waals surface area contributed by atoms with Crippen molar-refractivity contribution in [2.75, 3.05) is 19.8 Å². The Labute approximate surface area is 239 Å². The Morgan fingerprint density at radius 1 is 1.05 bits per heavy atom. The molecule has 0 unspecified atom stereocenters. The number of hydrogen-bond donors (Lipinski definition) is 0. The number of carbonyl (C=O) groups is 1. The quantitative estimate of drug-likeness (QED) is 0.122. The summed E-state index contributed by atoms with van der Waals surface area (Å²) in [5, 5.41) is 4.61. The smallest absolute Gasteiger partial charge is 0.416 e. The number of hydrogen-bond acceptors (Lipinski definition) is 7. The average Bonchev–Trinajstić information content (AvgIpc) is 2.96. The van der Waals surface area contributed by atoms with Crippen LogP contribution in [0.3, 0.4) is 0 Å². The number of alkyl halides is 3. The third-order valence-corrected chi connectivity index (χ3v) is 5.98. The first-order valence-corrected chi connectivity index (χ1v) is 13.1. The maximum absolute atomic E-state index is 13.5. The van der Waals surface area contributed by atoms with Gasteiger partial charge in [-0.05, 0) is 62.2 Å². The molecule has 8 nitrogen and oxygen atoms in total. The topological polar surface area (TPSA) is 92.0 Å². The molecule has 0 atom stereocenters. The highest BCUT2D eigenvalue weighted by Gasteiger charge is 2.31. The minimum Gasteiger partial charge on any atom is -0.490 e. The maximum atomic E-state index is 13.5. The van der Waals surface area contributed by atoms with Gasteiger partial charge in [0.1, 0.15) is 0 Å². The van der Waals surface area contributed by atoms with Crippen molar-refractivity contribution in [1.29, 1.82) is 0 Å². The van der Waals surface area contributed by atoms with Crippen molar-refractivity contribution in [2.24, 2.45) is 5.10 Å². The molecule has 0 N–H and O–H groups in total. The van der Waals surface area contributed by atoms with Gasteiger partial charge in [0.2, 0.25) is 0 Å². The Bertz CT molecular complexity index is 1700. The second-order valence-corrected chi connectivity index (χ2v) is 8.92. The molecule has 0 amide bonds. The molecule has 11 heteroatoms. The highest BCUT2D eigenvalue weighted by atomic mass is 19.4. The highest BCUT2D eigenvalue weighted by molar-refractivity contribution is 5.83. The van der Waals surface area contributed by atoms with Crippen LogP contribution in [0, 0.1) is 0 Å². The first kappa shape index (κ1) is 30.0. The molecule has 42 heavy (non-hydrogen) atoms. The summed E-state index contributed by atoms with van der Waals surface area (Å²) in [6, 6.07) is 14.4. The van der Waals surface area contributed by atoms with E-state index in [-0.39, 0.29) is 36.6 Å². The second kappa shape index (κ2) is 13.2. The van der Waals surface area contributed by atoms with E-state index in [1.165, 1.54) is 18.3 Å². The summed E-state index contributed by atoms with van der Waals surface area (Å²) >= 11 is 0. The summed E-state index contributed by atoms with van der Waals surface area (Å²) in [6.07, 6.45) is -1.21. The number of ether oxygens (including phenoxy) is 3. The third-order valence-electron chi connectivity index (χ3n) is 5.98. The molecule has 0 fully saturated rings. The molecule has 0 saturated carbocycles. The predicted octanol–water partition coefficient (Wildman–Crippen LogP) is 6.03. The van der Waals surface area contributed by atoms with Gasteiger partial charge in [0.25, 0.3) is 5.56 Å². The molecule has 218 valence electrons. The minimum atomic E-state index is -4.59. The standard InChI is InChI=1S/C31H28F3N3O5/c1-4-10-21-15-20(16-26(40-5-2)28(21)42-19-27(38)41-6-3)18-35-37-29(22-11-9-12-23(17-22)31(32,33)34)36-25-14-8-7-13-24(25)30(37)39/h4,7-9,11-18H,1,5-6,10,19H2,2-3H3. The van der Waals surface area contributed by atoms with Crippen LogP contribution in [-0.4, -0.2) is 41.7 Å². The summed E-state index contributed by atoms with van der Waals surface area (Å²) in [5.74, 6) is 0.0491. The van der Waals surface area contributed by atoms with Gasteiger partial charge in [0, 0.05) is 11.1 Å². The average molecular weight is 580 g/mol. The van der Waals surface area contributed by atoms with E-state index < -0.39 is 23.3 Å². The van der Waals surface area contributed by atoms with Gasteiger partial charge in [-0.3, -0.25) is 4.79 Å². The van der Waals surface area contributed by atoms with Crippen LogP contribution in [-0.2, 0) is 22.1 Å². The minimum absolute atomic E-state index is 0.0632. The Kier molecular flexibility index (Phi) is 9.41. The van der Waals surface area contributed by atoms with Gasteiger partial charge in [-0.25, -0.2) is 9.78 Å². The molecule has 0 aliphatic carbocycles. The normalized spacial score (nSPS) is 11.5. The van der Waals surface area contributed by atoms with E-state index in [4.69, 9.17) is 14.2 Å². The molecule has 0 spiro atoms. The largest absolute Gasteiger partial charge is 0.490 e. The van der Waals surface area contributed by atoms with Gasteiger partial charge in [0.05, 0.1) is 35.9 Å². The third kappa shape index (κ3) is 6.85. The van der Waals surface area contributed by atoms with Crippen LogP contribution in [0.5, 0.6) is 11.5 Å². The zero-order valence-corrected chi connectivity index (χ0v) is 23.0. The number of benzene rings is 3. The van der Waals surface area contributed by atoms with Crippen LogP contribution >= 0.6 is 0 Å². The zero-order valence-electron chi connectivity index (χ0n) is 23.0. The number of para-hydroxylation sites is 1. The van der Waals surface area contributed by atoms with Crippen LogP contribution in [0.4, 0.5) is 13.2 Å². The highest BCUT2D eigenvalue weighted by Crippen LogP contribution is 2.34. The number of esters is 1. The molecule has 0 aliphatic heterocycles. The van der Waals surface area contributed by atoms with Crippen LogP contribution in [0.15, 0.2) is 83.2 Å². The fourth-order valence-electron chi connectivity index (χ4n) is 4.20. The van der Waals surface area contributed by atoms with Crippen molar-refractivity contribution < 1.29 is 32.2 Å². The summed E-state index contributed by atoms with van der Waals surface area (Å²) in [4.78, 5) is 29.9. The van der Waals surface area contributed by atoms with Crippen LogP contribution < -0.4 is 15.0 Å². The predicted molar refractivity (Wildman–Crippen MR) is 153 cm³/mol. The molecule has 1 aromatic heterocycles. The molecular weight excluding hydrogens is 551 g/mol. The van der Waals surface area contributed by atoms with Gasteiger partial charge in [-0.2, -0.15) is 22.9 Å². The Hall–Kier alpha value is -4.93.